The molecule has 2 aromatic rings. The maximum atomic E-state index is 13.5. The van der Waals surface area contributed by atoms with Gasteiger partial charge in [0.25, 0.3) is 0 Å². The van der Waals surface area contributed by atoms with E-state index < -0.39 is 4.78 Å². The summed E-state index contributed by atoms with van der Waals surface area (Å²) in [7, 11) is 3.32. The standard InChI is InChI=1S/C18H22IO3P/c1-11-7-15(8-12(2)17(11)21-5)23(19,20)16-9-13(3)18(22-6)14(4)10-16/h7-10H,1-6H3. The third-order valence-electron chi connectivity index (χ3n) is 3.96. The van der Waals surface area contributed by atoms with Crippen molar-refractivity contribution in [3.63, 3.8) is 0 Å². The van der Waals surface area contributed by atoms with Crippen LogP contribution in [0.1, 0.15) is 22.3 Å². The number of rotatable bonds is 4. The lowest BCUT2D eigenvalue weighted by atomic mass is 10.1. The van der Waals surface area contributed by atoms with Crippen molar-refractivity contribution in [1.82, 2.24) is 0 Å². The summed E-state index contributed by atoms with van der Waals surface area (Å²) in [6.45, 7) is 7.93. The van der Waals surface area contributed by atoms with Gasteiger partial charge in [-0.15, -0.1) is 0 Å². The second-order valence-electron chi connectivity index (χ2n) is 5.76. The molecule has 0 amide bonds. The zero-order chi connectivity index (χ0) is 17.4. The number of methoxy groups -OCH3 is 2. The normalized spacial score (nSPS) is 11.4. The fourth-order valence-electron chi connectivity index (χ4n) is 2.98. The maximum Gasteiger partial charge on any atom is 0.198 e. The summed E-state index contributed by atoms with van der Waals surface area (Å²) in [4.78, 5) is -2.71. The Morgan fingerprint density at radius 3 is 1.22 bits per heavy atom. The van der Waals surface area contributed by atoms with Crippen LogP contribution in [-0.4, -0.2) is 14.2 Å². The van der Waals surface area contributed by atoms with Crippen LogP contribution in [-0.2, 0) is 4.57 Å². The Kier molecular flexibility index (Phi) is 5.47. The van der Waals surface area contributed by atoms with Gasteiger partial charge in [0, 0.05) is 32.7 Å². The second-order valence-corrected chi connectivity index (χ2v) is 11.9. The molecule has 0 spiro atoms. The summed E-state index contributed by atoms with van der Waals surface area (Å²) in [6, 6.07) is 7.86. The fourth-order valence-corrected chi connectivity index (χ4v) is 6.39. The van der Waals surface area contributed by atoms with E-state index in [4.69, 9.17) is 9.47 Å². The molecule has 0 N–H and O–H groups in total. The Hall–Kier alpha value is -1.00. The van der Waals surface area contributed by atoms with Gasteiger partial charge in [0.15, 0.2) is 4.78 Å². The molecule has 0 aliphatic carbocycles. The van der Waals surface area contributed by atoms with Gasteiger partial charge in [0.05, 0.1) is 14.2 Å². The molecule has 2 aromatic carbocycles. The first kappa shape index (κ1) is 18.3. The number of halogens is 1. The zero-order valence-corrected chi connectivity index (χ0v) is 17.4. The van der Waals surface area contributed by atoms with Crippen molar-refractivity contribution in [1.29, 1.82) is 0 Å². The summed E-state index contributed by atoms with van der Waals surface area (Å²) in [5.41, 5.74) is 4.00. The van der Waals surface area contributed by atoms with Gasteiger partial charge in [-0.1, -0.05) is 0 Å². The topological polar surface area (TPSA) is 35.5 Å². The van der Waals surface area contributed by atoms with E-state index in [0.29, 0.717) is 0 Å². The number of aryl methyl sites for hydroxylation is 4. The summed E-state index contributed by atoms with van der Waals surface area (Å²) < 4.78 is 24.3. The zero-order valence-electron chi connectivity index (χ0n) is 14.4. The highest BCUT2D eigenvalue weighted by molar-refractivity contribution is 14.2. The largest absolute Gasteiger partial charge is 0.496 e. The first-order chi connectivity index (χ1) is 10.7. The van der Waals surface area contributed by atoms with E-state index in [2.05, 4.69) is 22.0 Å². The summed E-state index contributed by atoms with van der Waals surface area (Å²) in [5.74, 6) is 1.71. The Morgan fingerprint density at radius 2 is 1.00 bits per heavy atom. The smallest absolute Gasteiger partial charge is 0.198 e. The minimum atomic E-state index is -2.71. The predicted octanol–water partition coefficient (Wildman–Crippen LogP) is 4.60. The fraction of sp³-hybridized carbons (Fsp3) is 0.333. The third-order valence-corrected chi connectivity index (χ3v) is 9.15. The van der Waals surface area contributed by atoms with Gasteiger partial charge in [0.1, 0.15) is 11.5 Å². The summed E-state index contributed by atoms with van der Waals surface area (Å²) >= 11 is 2.10. The Balaban J connectivity index is 2.61. The lowest BCUT2D eigenvalue weighted by Crippen LogP contribution is -2.15. The molecule has 0 unspecified atom stereocenters. The van der Waals surface area contributed by atoms with Crippen LogP contribution in [0.2, 0.25) is 0 Å². The highest BCUT2D eigenvalue weighted by atomic mass is 127. The first-order valence-corrected chi connectivity index (χ1v) is 11.8. The van der Waals surface area contributed by atoms with Gasteiger partial charge >= 0.3 is 0 Å². The van der Waals surface area contributed by atoms with Crippen molar-refractivity contribution in [2.45, 2.75) is 27.7 Å². The van der Waals surface area contributed by atoms with Gasteiger partial charge in [0.2, 0.25) is 0 Å². The average Bonchev–Trinajstić information content (AvgIpc) is 2.46. The number of ether oxygens (including phenoxy) is 2. The summed E-state index contributed by atoms with van der Waals surface area (Å²) in [5, 5.41) is 1.69. The Labute approximate surface area is 151 Å². The maximum absolute atomic E-state index is 13.5. The molecule has 0 aliphatic rings. The average molecular weight is 444 g/mol. The molecular formula is C18H22IO3P. The predicted molar refractivity (Wildman–Crippen MR) is 106 cm³/mol. The van der Waals surface area contributed by atoms with Crippen molar-refractivity contribution in [3.05, 3.63) is 46.5 Å². The Bertz CT molecular complexity index is 689. The highest BCUT2D eigenvalue weighted by Gasteiger charge is 2.26. The third kappa shape index (κ3) is 3.43. The van der Waals surface area contributed by atoms with Crippen molar-refractivity contribution >= 4 is 37.4 Å². The quantitative estimate of drug-likeness (QED) is 0.511. The molecule has 124 valence electrons. The van der Waals surface area contributed by atoms with Gasteiger partial charge in [-0.05, 0) is 74.2 Å². The highest BCUT2D eigenvalue weighted by Crippen LogP contribution is 2.53. The molecule has 0 saturated heterocycles. The van der Waals surface area contributed by atoms with Crippen LogP contribution in [0, 0.1) is 27.7 Å². The molecule has 0 heterocycles. The van der Waals surface area contributed by atoms with Crippen molar-refractivity contribution in [2.24, 2.45) is 0 Å². The van der Waals surface area contributed by atoms with Gasteiger partial charge in [-0.2, -0.15) is 0 Å². The lowest BCUT2D eigenvalue weighted by Gasteiger charge is -2.18. The van der Waals surface area contributed by atoms with Gasteiger partial charge < -0.3 is 14.0 Å². The van der Waals surface area contributed by atoms with Crippen molar-refractivity contribution in [3.8, 4) is 11.5 Å². The van der Waals surface area contributed by atoms with Crippen LogP contribution < -0.4 is 20.1 Å². The molecule has 0 fully saturated rings. The van der Waals surface area contributed by atoms with E-state index in [1.54, 1.807) is 14.2 Å². The van der Waals surface area contributed by atoms with Crippen LogP contribution in [0.5, 0.6) is 11.5 Å². The lowest BCUT2D eigenvalue weighted by molar-refractivity contribution is 0.408. The van der Waals surface area contributed by atoms with E-state index >= 15 is 0 Å². The van der Waals surface area contributed by atoms with Crippen LogP contribution in [0.3, 0.4) is 0 Å². The number of hydrogen-bond donors (Lipinski definition) is 0. The SMILES string of the molecule is COc1c(C)cc(P(=O)(I)c2cc(C)c(OC)c(C)c2)cc1C. The number of benzene rings is 2. The van der Waals surface area contributed by atoms with E-state index in [9.17, 15) is 4.57 Å². The molecule has 23 heavy (non-hydrogen) atoms. The van der Waals surface area contributed by atoms with Crippen LogP contribution in [0.25, 0.3) is 0 Å². The molecule has 0 bridgehead atoms. The molecule has 0 radical (unpaired) electrons. The molecule has 0 saturated carbocycles. The van der Waals surface area contributed by atoms with Gasteiger partial charge in [-0.25, -0.2) is 0 Å². The van der Waals surface area contributed by atoms with E-state index in [-0.39, 0.29) is 0 Å². The monoisotopic (exact) mass is 444 g/mol. The molecule has 5 heteroatoms. The van der Waals surface area contributed by atoms with Gasteiger partial charge in [-0.3, -0.25) is 0 Å². The van der Waals surface area contributed by atoms with Crippen molar-refractivity contribution in [2.75, 3.05) is 14.2 Å². The number of hydrogen-bond acceptors (Lipinski definition) is 3. The molecular weight excluding hydrogens is 422 g/mol. The second kappa shape index (κ2) is 6.86. The van der Waals surface area contributed by atoms with Crippen LogP contribution >= 0.6 is 26.8 Å². The van der Waals surface area contributed by atoms with E-state index in [1.165, 1.54) is 0 Å². The Morgan fingerprint density at radius 1 is 0.739 bits per heavy atom. The molecule has 0 atom stereocenters. The molecule has 0 aliphatic heterocycles. The van der Waals surface area contributed by atoms with E-state index in [1.807, 2.05) is 52.0 Å². The molecule has 2 rings (SSSR count). The van der Waals surface area contributed by atoms with Crippen molar-refractivity contribution < 1.29 is 14.0 Å². The minimum absolute atomic E-state index is 0.845. The molecule has 3 nitrogen and oxygen atoms in total. The summed E-state index contributed by atoms with van der Waals surface area (Å²) in [6.07, 6.45) is 0. The minimum Gasteiger partial charge on any atom is -0.496 e. The molecule has 0 aromatic heterocycles. The van der Waals surface area contributed by atoms with E-state index in [0.717, 1.165) is 44.4 Å². The van der Waals surface area contributed by atoms with Crippen LogP contribution in [0.4, 0.5) is 0 Å². The van der Waals surface area contributed by atoms with Crippen LogP contribution in [0.15, 0.2) is 24.3 Å². The first-order valence-electron chi connectivity index (χ1n) is 7.33.